The summed E-state index contributed by atoms with van der Waals surface area (Å²) < 4.78 is 4.50. The lowest BCUT2D eigenvalue weighted by Crippen LogP contribution is -2.13. The molecule has 0 aliphatic heterocycles. The van der Waals surface area contributed by atoms with E-state index in [9.17, 15) is 9.90 Å². The van der Waals surface area contributed by atoms with Crippen molar-refractivity contribution in [3.63, 3.8) is 0 Å². The third-order valence-corrected chi connectivity index (χ3v) is 3.51. The number of aliphatic hydroxyl groups is 1. The number of hydrogen-bond acceptors (Lipinski definition) is 5. The first-order valence-electron chi connectivity index (χ1n) is 7.24. The number of anilines is 1. The van der Waals surface area contributed by atoms with E-state index >= 15 is 0 Å². The van der Waals surface area contributed by atoms with Crippen molar-refractivity contribution in [2.75, 3.05) is 12.8 Å². The second-order valence-corrected chi connectivity index (χ2v) is 5.09. The number of diazo groups is 1. The monoisotopic (exact) mass is 304 g/mol. The predicted octanol–water partition coefficient (Wildman–Crippen LogP) is 3.41. The molecule has 0 bridgehead atoms. The molecule has 0 saturated heterocycles. The second-order valence-electron chi connectivity index (χ2n) is 5.09. The van der Waals surface area contributed by atoms with E-state index in [2.05, 4.69) is 9.71 Å². The zero-order valence-corrected chi connectivity index (χ0v) is 13.0. The molecule has 0 heterocycles. The number of methoxy groups -OCH3 is 1. The van der Waals surface area contributed by atoms with Crippen LogP contribution in [0.4, 0.5) is 5.69 Å². The van der Waals surface area contributed by atoms with Gasteiger partial charge in [0.05, 0.1) is 7.11 Å². The van der Waals surface area contributed by atoms with Gasteiger partial charge in [-0.25, -0.2) is 4.79 Å². The summed E-state index contributed by atoms with van der Waals surface area (Å²) >= 11 is 0. The van der Waals surface area contributed by atoms with Crippen molar-refractivity contribution in [2.45, 2.75) is 32.6 Å². The van der Waals surface area contributed by atoms with E-state index in [4.69, 9.17) is 11.1 Å². The highest BCUT2D eigenvalue weighted by Gasteiger charge is 2.33. The number of carbonyl (C=O) groups is 1. The van der Waals surface area contributed by atoms with E-state index in [1.807, 2.05) is 31.2 Å². The first kappa shape index (κ1) is 17.5. The number of esters is 1. The van der Waals surface area contributed by atoms with Crippen LogP contribution in [0.3, 0.4) is 0 Å². The summed E-state index contributed by atoms with van der Waals surface area (Å²) in [6.45, 7) is 1.98. The topological polar surface area (TPSA) is 101 Å². The van der Waals surface area contributed by atoms with Crippen LogP contribution >= 0.6 is 0 Å². The number of nitrogens with two attached hydrogens (primary N) is 1. The average Bonchev–Trinajstić information content (AvgIpc) is 2.53. The molecule has 0 spiro atoms. The van der Waals surface area contributed by atoms with Crippen LogP contribution < -0.4 is 5.73 Å². The highest BCUT2D eigenvalue weighted by molar-refractivity contribution is 5.90. The van der Waals surface area contributed by atoms with Crippen LogP contribution in [0.2, 0.25) is 0 Å². The number of carbonyl (C=O) groups excluding carboxylic acids is 1. The number of allylic oxidation sites excluding steroid dienone is 1. The molecule has 1 aromatic rings. The number of rotatable bonds is 7. The SMILES string of the molecule is CCCC(CCc1ccc(N)cc1)/C(O)=C(\[N+]#N)C(=O)OC. The van der Waals surface area contributed by atoms with Crippen molar-refractivity contribution < 1.29 is 14.6 Å². The Bertz CT molecular complexity index is 573. The number of aliphatic hydroxyl groups excluding tert-OH is 1. The maximum atomic E-state index is 11.5. The number of benzene rings is 1. The lowest BCUT2D eigenvalue weighted by Gasteiger charge is -2.13. The molecular formula is C16H22N3O3+. The maximum absolute atomic E-state index is 11.5. The Kier molecular flexibility index (Phi) is 6.90. The second kappa shape index (κ2) is 8.67. The summed E-state index contributed by atoms with van der Waals surface area (Å²) in [5.41, 5.74) is 7.00. The molecule has 0 aromatic heterocycles. The molecule has 6 heteroatoms. The minimum atomic E-state index is -0.853. The molecule has 0 amide bonds. The summed E-state index contributed by atoms with van der Waals surface area (Å²) in [4.78, 5) is 14.4. The Morgan fingerprint density at radius 2 is 2.00 bits per heavy atom. The lowest BCUT2D eigenvalue weighted by molar-refractivity contribution is -0.136. The van der Waals surface area contributed by atoms with Gasteiger partial charge in [0, 0.05) is 11.6 Å². The minimum absolute atomic E-state index is 0.230. The van der Waals surface area contributed by atoms with Gasteiger partial charge in [-0.3, -0.25) is 0 Å². The summed E-state index contributed by atoms with van der Waals surface area (Å²) in [5, 5.41) is 19.2. The average molecular weight is 304 g/mol. The Balaban J connectivity index is 2.88. The third-order valence-electron chi connectivity index (χ3n) is 3.51. The van der Waals surface area contributed by atoms with Crippen LogP contribution in [0.1, 0.15) is 31.7 Å². The van der Waals surface area contributed by atoms with Gasteiger partial charge >= 0.3 is 11.7 Å². The van der Waals surface area contributed by atoms with Gasteiger partial charge in [0.1, 0.15) is 0 Å². The van der Waals surface area contributed by atoms with Crippen molar-refractivity contribution in [1.29, 1.82) is 5.39 Å². The summed E-state index contributed by atoms with van der Waals surface area (Å²) in [6, 6.07) is 7.50. The maximum Gasteiger partial charge on any atom is 0.505 e. The number of nitrogen functional groups attached to an aromatic ring is 1. The fraction of sp³-hybridized carbons (Fsp3) is 0.438. The van der Waals surface area contributed by atoms with Crippen LogP contribution in [0.25, 0.3) is 4.98 Å². The molecular weight excluding hydrogens is 282 g/mol. The Morgan fingerprint density at radius 3 is 2.50 bits per heavy atom. The van der Waals surface area contributed by atoms with Gasteiger partial charge in [-0.15, -0.1) is 0 Å². The van der Waals surface area contributed by atoms with Crippen LogP contribution in [0.15, 0.2) is 35.7 Å². The van der Waals surface area contributed by atoms with Gasteiger partial charge in [0.2, 0.25) is 5.39 Å². The molecule has 0 aliphatic rings. The number of aryl methyl sites for hydroxylation is 1. The Labute approximate surface area is 130 Å². The molecule has 3 N–H and O–H groups in total. The van der Waals surface area contributed by atoms with E-state index in [0.717, 1.165) is 18.4 Å². The molecule has 1 aromatic carbocycles. The fourth-order valence-electron chi connectivity index (χ4n) is 2.28. The highest BCUT2D eigenvalue weighted by atomic mass is 16.5. The Hall–Kier alpha value is -2.55. The van der Waals surface area contributed by atoms with E-state index in [1.54, 1.807) is 0 Å². The van der Waals surface area contributed by atoms with E-state index in [0.29, 0.717) is 18.5 Å². The quantitative estimate of drug-likeness (QED) is 0.264. The first-order chi connectivity index (χ1) is 10.5. The Morgan fingerprint density at radius 1 is 1.36 bits per heavy atom. The van der Waals surface area contributed by atoms with Gasteiger partial charge < -0.3 is 15.6 Å². The molecule has 0 aliphatic carbocycles. The lowest BCUT2D eigenvalue weighted by atomic mass is 9.92. The number of ether oxygens (including phenoxy) is 1. The van der Waals surface area contributed by atoms with Crippen LogP contribution in [-0.2, 0) is 16.0 Å². The largest absolute Gasteiger partial charge is 0.505 e. The van der Waals surface area contributed by atoms with Crippen molar-refractivity contribution in [1.82, 2.24) is 0 Å². The van der Waals surface area contributed by atoms with Crippen LogP contribution in [0, 0.1) is 11.3 Å². The molecule has 0 radical (unpaired) electrons. The van der Waals surface area contributed by atoms with Crippen LogP contribution in [0.5, 0.6) is 0 Å². The molecule has 6 nitrogen and oxygen atoms in total. The van der Waals surface area contributed by atoms with Gasteiger partial charge in [-0.05, 0) is 37.0 Å². The summed E-state index contributed by atoms with van der Waals surface area (Å²) in [7, 11) is 1.17. The number of nitrogens with zero attached hydrogens (tertiary/aromatic N) is 2. The van der Waals surface area contributed by atoms with E-state index in [1.165, 1.54) is 7.11 Å². The standard InChI is InChI=1S/C16H21N3O3/c1-3-4-12(15(20)14(19-18)16(21)22-2)8-5-11-6-9-13(17)10-7-11/h6-7,9-10,12H,3-5,8,17H2,1-2H3/p+1. The molecule has 1 unspecified atom stereocenters. The minimum Gasteiger partial charge on any atom is -0.505 e. The van der Waals surface area contributed by atoms with Gasteiger partial charge in [0.15, 0.2) is 10.7 Å². The molecule has 22 heavy (non-hydrogen) atoms. The van der Waals surface area contributed by atoms with Gasteiger partial charge in [-0.2, -0.15) is 0 Å². The molecule has 1 rings (SSSR count). The summed E-state index contributed by atoms with van der Waals surface area (Å²) in [6.07, 6.45) is 2.85. The van der Waals surface area contributed by atoms with Crippen molar-refractivity contribution in [3.8, 4) is 0 Å². The van der Waals surface area contributed by atoms with Gasteiger partial charge in [-0.1, -0.05) is 25.5 Å². The van der Waals surface area contributed by atoms with E-state index in [-0.39, 0.29) is 11.7 Å². The van der Waals surface area contributed by atoms with Crippen LogP contribution in [-0.4, -0.2) is 18.2 Å². The molecule has 118 valence electrons. The zero-order chi connectivity index (χ0) is 16.5. The first-order valence-corrected chi connectivity index (χ1v) is 7.24. The molecule has 0 fully saturated rings. The van der Waals surface area contributed by atoms with Crippen molar-refractivity contribution in [3.05, 3.63) is 46.3 Å². The summed E-state index contributed by atoms with van der Waals surface area (Å²) in [5.74, 6) is -1.35. The van der Waals surface area contributed by atoms with Gasteiger partial charge in [0.25, 0.3) is 0 Å². The molecule has 1 atom stereocenters. The predicted molar refractivity (Wildman–Crippen MR) is 84.3 cm³/mol. The highest BCUT2D eigenvalue weighted by Crippen LogP contribution is 2.25. The number of hydrogen-bond donors (Lipinski definition) is 2. The zero-order valence-electron chi connectivity index (χ0n) is 13.0. The fourth-order valence-corrected chi connectivity index (χ4v) is 2.28. The molecule has 0 saturated carbocycles. The normalized spacial score (nSPS) is 13.0. The van der Waals surface area contributed by atoms with Crippen molar-refractivity contribution >= 4 is 11.7 Å². The van der Waals surface area contributed by atoms with Crippen molar-refractivity contribution in [2.24, 2.45) is 5.92 Å². The van der Waals surface area contributed by atoms with E-state index < -0.39 is 11.7 Å². The smallest absolute Gasteiger partial charge is 0.505 e. The third kappa shape index (κ3) is 4.77.